The van der Waals surface area contributed by atoms with Gasteiger partial charge in [-0.05, 0) is 42.7 Å². The van der Waals surface area contributed by atoms with Crippen molar-refractivity contribution in [2.75, 3.05) is 18.1 Å². The van der Waals surface area contributed by atoms with Gasteiger partial charge in [-0.25, -0.2) is 4.98 Å². The number of furan rings is 1. The van der Waals surface area contributed by atoms with Crippen molar-refractivity contribution in [1.82, 2.24) is 10.3 Å². The number of hydrogen-bond donors (Lipinski definition) is 3. The van der Waals surface area contributed by atoms with Crippen LogP contribution in [-0.4, -0.2) is 17.5 Å². The molecule has 0 atom stereocenters. The summed E-state index contributed by atoms with van der Waals surface area (Å²) in [5.41, 5.74) is 12.3. The van der Waals surface area contributed by atoms with Gasteiger partial charge < -0.3 is 25.9 Å². The molecule has 0 saturated carbocycles. The Hall–Kier alpha value is -3.22. The minimum absolute atomic E-state index is 0.0975. The number of benzene rings is 1. The van der Waals surface area contributed by atoms with Gasteiger partial charge in [0.05, 0.1) is 18.7 Å². The number of nitrogens with zero attached hydrogens (tertiary/aromatic N) is 1. The zero-order valence-corrected chi connectivity index (χ0v) is 25.5. The number of rotatable bonds is 7. The van der Waals surface area contributed by atoms with E-state index in [0.717, 1.165) is 23.1 Å². The number of nitrogens with two attached hydrogens (primary N) is 2. The molecule has 5 N–H and O–H groups in total. The lowest BCUT2D eigenvalue weighted by molar-refractivity contribution is 0.0949. The molecular formula is C30H54N4O3. The van der Waals surface area contributed by atoms with Gasteiger partial charge in [-0.2, -0.15) is 0 Å². The number of aromatic nitrogens is 1. The second-order valence-electron chi connectivity index (χ2n) is 6.79. The second kappa shape index (κ2) is 24.5. The first-order chi connectivity index (χ1) is 17.9. The second-order valence-corrected chi connectivity index (χ2v) is 6.79. The van der Waals surface area contributed by atoms with Crippen molar-refractivity contribution in [2.24, 2.45) is 5.92 Å². The van der Waals surface area contributed by atoms with E-state index >= 15 is 0 Å². The standard InChI is InChI=1S/C20H24N4O3.5C2H6/c1-12(2)7-8-26-14-4-3-13-9-15(27-17(13)10-14)11-23-20(25)16-5-6-18(21)24-19(16)22;5*1-2/h3-6,9-10,12H,7-8,11H2,1-2H3,(H,23,25)(H4,21,22,24);5*1-2H3. The van der Waals surface area contributed by atoms with Gasteiger partial charge in [0.15, 0.2) is 0 Å². The molecule has 0 radical (unpaired) electrons. The number of carbonyl (C=O) groups excluding carboxylic acids is 1. The van der Waals surface area contributed by atoms with Crippen LogP contribution >= 0.6 is 0 Å². The molecule has 0 aliphatic rings. The van der Waals surface area contributed by atoms with Crippen LogP contribution in [0.5, 0.6) is 5.75 Å². The third-order valence-electron chi connectivity index (χ3n) is 4.12. The molecule has 2 heterocycles. The average Bonchev–Trinajstić information content (AvgIpc) is 3.35. The van der Waals surface area contributed by atoms with E-state index in [2.05, 4.69) is 24.1 Å². The lowest BCUT2D eigenvalue weighted by Crippen LogP contribution is -2.24. The first-order valence-corrected chi connectivity index (χ1v) is 13.9. The molecule has 0 saturated heterocycles. The van der Waals surface area contributed by atoms with E-state index in [1.807, 2.05) is 93.5 Å². The molecule has 0 aliphatic heterocycles. The number of anilines is 2. The summed E-state index contributed by atoms with van der Waals surface area (Å²) < 4.78 is 11.6. The Bertz CT molecular complexity index is 953. The molecule has 1 aromatic carbocycles. The summed E-state index contributed by atoms with van der Waals surface area (Å²) >= 11 is 0. The summed E-state index contributed by atoms with van der Waals surface area (Å²) in [4.78, 5) is 16.1. The first-order valence-electron chi connectivity index (χ1n) is 13.9. The molecule has 37 heavy (non-hydrogen) atoms. The zero-order valence-electron chi connectivity index (χ0n) is 25.5. The van der Waals surface area contributed by atoms with Gasteiger partial charge in [0, 0.05) is 11.5 Å². The average molecular weight is 519 g/mol. The first kappa shape index (κ1) is 38.3. The van der Waals surface area contributed by atoms with E-state index in [9.17, 15) is 4.79 Å². The monoisotopic (exact) mass is 518 g/mol. The zero-order chi connectivity index (χ0) is 29.4. The maximum atomic E-state index is 12.3. The third kappa shape index (κ3) is 14.8. The van der Waals surface area contributed by atoms with Crippen LogP contribution in [0.15, 0.2) is 40.8 Å². The van der Waals surface area contributed by atoms with E-state index in [-0.39, 0.29) is 29.7 Å². The highest BCUT2D eigenvalue weighted by atomic mass is 16.5. The van der Waals surface area contributed by atoms with Crippen LogP contribution in [0.3, 0.4) is 0 Å². The molecule has 7 nitrogen and oxygen atoms in total. The van der Waals surface area contributed by atoms with Crippen LogP contribution < -0.4 is 21.5 Å². The topological polar surface area (TPSA) is 116 Å². The highest BCUT2D eigenvalue weighted by Crippen LogP contribution is 2.25. The molecule has 3 aromatic rings. The van der Waals surface area contributed by atoms with Crippen LogP contribution in [0.2, 0.25) is 0 Å². The molecule has 7 heteroatoms. The number of nitrogen functional groups attached to an aromatic ring is 2. The van der Waals surface area contributed by atoms with Crippen molar-refractivity contribution in [3.63, 3.8) is 0 Å². The smallest absolute Gasteiger partial charge is 0.255 e. The van der Waals surface area contributed by atoms with Crippen molar-refractivity contribution >= 4 is 28.5 Å². The highest BCUT2D eigenvalue weighted by Gasteiger charge is 2.12. The fraction of sp³-hybridized carbons (Fsp3) is 0.533. The molecule has 1 amide bonds. The van der Waals surface area contributed by atoms with Crippen LogP contribution in [0.1, 0.15) is 106 Å². The summed E-state index contributed by atoms with van der Waals surface area (Å²) in [6.45, 7) is 25.2. The summed E-state index contributed by atoms with van der Waals surface area (Å²) in [5.74, 6) is 2.04. The van der Waals surface area contributed by atoms with Crippen molar-refractivity contribution in [3.05, 3.63) is 47.7 Å². The quantitative estimate of drug-likeness (QED) is 0.289. The molecule has 0 aliphatic carbocycles. The van der Waals surface area contributed by atoms with Gasteiger partial charge in [0.1, 0.15) is 28.7 Å². The number of nitrogens with one attached hydrogen (secondary N) is 1. The van der Waals surface area contributed by atoms with Crippen LogP contribution in [0, 0.1) is 5.92 Å². The number of hydrogen-bond acceptors (Lipinski definition) is 6. The summed E-state index contributed by atoms with van der Waals surface area (Å²) in [6.07, 6.45) is 0.997. The Balaban J connectivity index is -0.00000103. The van der Waals surface area contributed by atoms with Gasteiger partial charge in [-0.15, -0.1) is 0 Å². The van der Waals surface area contributed by atoms with Crippen LogP contribution in [0.25, 0.3) is 11.0 Å². The molecule has 0 bridgehead atoms. The largest absolute Gasteiger partial charge is 0.493 e. The Morgan fingerprint density at radius 1 is 0.919 bits per heavy atom. The van der Waals surface area contributed by atoms with Crippen molar-refractivity contribution < 1.29 is 13.9 Å². The van der Waals surface area contributed by atoms with Crippen molar-refractivity contribution in [3.8, 4) is 5.75 Å². The minimum atomic E-state index is -0.335. The lowest BCUT2D eigenvalue weighted by atomic mass is 10.1. The SMILES string of the molecule is CC.CC.CC.CC.CC.CC(C)CCOc1ccc2cc(CNC(=O)c3ccc(N)nc3N)oc2c1. The molecule has 0 unspecified atom stereocenters. The molecule has 0 spiro atoms. The van der Waals surface area contributed by atoms with E-state index in [4.69, 9.17) is 20.6 Å². The predicted molar refractivity (Wildman–Crippen MR) is 162 cm³/mol. The van der Waals surface area contributed by atoms with Crippen molar-refractivity contribution in [1.29, 1.82) is 0 Å². The Labute approximate surface area is 226 Å². The Morgan fingerprint density at radius 3 is 2.05 bits per heavy atom. The fourth-order valence-corrected chi connectivity index (χ4v) is 2.60. The van der Waals surface area contributed by atoms with E-state index < -0.39 is 0 Å². The highest BCUT2D eigenvalue weighted by molar-refractivity contribution is 5.98. The van der Waals surface area contributed by atoms with Gasteiger partial charge in [0.2, 0.25) is 0 Å². The number of ether oxygens (including phenoxy) is 1. The van der Waals surface area contributed by atoms with Crippen molar-refractivity contribution in [2.45, 2.75) is 96.1 Å². The molecule has 0 fully saturated rings. The number of carbonyl (C=O) groups is 1. The summed E-state index contributed by atoms with van der Waals surface area (Å²) in [7, 11) is 0. The Kier molecular flexibility index (Phi) is 25.3. The van der Waals surface area contributed by atoms with E-state index in [1.165, 1.54) is 6.07 Å². The van der Waals surface area contributed by atoms with Gasteiger partial charge in [-0.1, -0.05) is 83.1 Å². The summed E-state index contributed by atoms with van der Waals surface area (Å²) in [5, 5.41) is 3.72. The number of amides is 1. The lowest BCUT2D eigenvalue weighted by Gasteiger charge is -2.07. The molecule has 3 rings (SSSR count). The number of fused-ring (bicyclic) bond motifs is 1. The fourth-order valence-electron chi connectivity index (χ4n) is 2.60. The third-order valence-corrected chi connectivity index (χ3v) is 4.12. The van der Waals surface area contributed by atoms with Crippen LogP contribution in [0.4, 0.5) is 11.6 Å². The van der Waals surface area contributed by atoms with E-state index in [1.54, 1.807) is 6.07 Å². The van der Waals surface area contributed by atoms with Crippen LogP contribution in [-0.2, 0) is 6.54 Å². The van der Waals surface area contributed by atoms with E-state index in [0.29, 0.717) is 18.3 Å². The molecule has 212 valence electrons. The van der Waals surface area contributed by atoms with Gasteiger partial charge >= 0.3 is 0 Å². The maximum absolute atomic E-state index is 12.3. The molecule has 2 aromatic heterocycles. The normalized spacial score (nSPS) is 8.89. The minimum Gasteiger partial charge on any atom is -0.493 e. The van der Waals surface area contributed by atoms with Gasteiger partial charge in [0.25, 0.3) is 5.91 Å². The Morgan fingerprint density at radius 2 is 1.51 bits per heavy atom. The molecular weight excluding hydrogens is 464 g/mol. The summed E-state index contributed by atoms with van der Waals surface area (Å²) in [6, 6.07) is 10.7. The van der Waals surface area contributed by atoms with Gasteiger partial charge in [-0.3, -0.25) is 4.79 Å². The maximum Gasteiger partial charge on any atom is 0.255 e. The predicted octanol–water partition coefficient (Wildman–Crippen LogP) is 8.48. The number of pyridine rings is 1.